The van der Waals surface area contributed by atoms with Gasteiger partial charge in [0.25, 0.3) is 0 Å². The Morgan fingerprint density at radius 2 is 1.48 bits per heavy atom. The minimum atomic E-state index is -0.613. The Balaban J connectivity index is 0.000000358. The lowest BCUT2D eigenvalue weighted by Crippen LogP contribution is -2.48. The predicted molar refractivity (Wildman–Crippen MR) is 219 cm³/mol. The van der Waals surface area contributed by atoms with E-state index in [1.165, 1.54) is 0 Å². The number of fused-ring (bicyclic) bond motifs is 1. The molecule has 3 fully saturated rings. The highest BCUT2D eigenvalue weighted by atomic mass is 35.5. The molecular weight excluding hydrogens is 786 g/mol. The van der Waals surface area contributed by atoms with Gasteiger partial charge in [-0.05, 0) is 73.7 Å². The molecule has 52 heavy (non-hydrogen) atoms. The van der Waals surface area contributed by atoms with Crippen LogP contribution >= 0.6 is 70.6 Å². The van der Waals surface area contributed by atoms with E-state index in [4.69, 9.17) is 52.1 Å². The van der Waals surface area contributed by atoms with Gasteiger partial charge in [0.15, 0.2) is 5.78 Å². The Kier molecular flexibility index (Phi) is 18.3. The molecular formula is C38H47Cl5N4O4S. The van der Waals surface area contributed by atoms with Crippen molar-refractivity contribution < 1.29 is 19.2 Å². The average molecular weight is 833 g/mol. The minimum absolute atomic E-state index is 0. The molecule has 2 aromatic carbocycles. The first kappa shape index (κ1) is 44.2. The standard InChI is InChI=1S/C27H28Cl4N2O2.C11H18N2O2S.ClH/c1-2-3-4-5-6-25(32)27(35)33-15-19(11-17-7-9-21(28)23(30)13-17)26(34)20(16-33)12-18-8-10-22(29)24(31)14-18;1-7(14)4-2-3-5-9-10-8(6-16-9)12-11(15)13-10;/h7-14,25H,2-6,15-16,32H2,1H3;8-10H,2-6H2,1H3,(H2,12,13,15);1H/b19-11+,20-12+;;/t25-;8?,9-,10?;/m10./s1. The van der Waals surface area contributed by atoms with Gasteiger partial charge in [0.2, 0.25) is 5.91 Å². The van der Waals surface area contributed by atoms with E-state index in [0.717, 1.165) is 61.8 Å². The molecule has 3 aliphatic heterocycles. The van der Waals surface area contributed by atoms with Crippen LogP contribution in [-0.4, -0.2) is 70.6 Å². The summed E-state index contributed by atoms with van der Waals surface area (Å²) in [4.78, 5) is 50.2. The maximum Gasteiger partial charge on any atom is 0.315 e. The van der Waals surface area contributed by atoms with Gasteiger partial charge in [0.1, 0.15) is 5.78 Å². The number of benzene rings is 2. The summed E-state index contributed by atoms with van der Waals surface area (Å²) in [6.45, 7) is 4.11. The number of hydrogen-bond acceptors (Lipinski definition) is 6. The number of piperidine rings is 1. The number of nitrogens with one attached hydrogen (secondary N) is 2. The molecule has 2 unspecified atom stereocenters. The van der Waals surface area contributed by atoms with Crippen LogP contribution in [0.4, 0.5) is 4.79 Å². The maximum atomic E-state index is 13.4. The molecule has 0 aromatic heterocycles. The maximum absolute atomic E-state index is 13.4. The van der Waals surface area contributed by atoms with E-state index >= 15 is 0 Å². The number of nitrogens with two attached hydrogens (primary N) is 1. The van der Waals surface area contributed by atoms with Crippen LogP contribution in [0.2, 0.25) is 20.1 Å². The highest BCUT2D eigenvalue weighted by molar-refractivity contribution is 8.00. The molecule has 0 radical (unpaired) electrons. The van der Waals surface area contributed by atoms with Crippen LogP contribution in [0, 0.1) is 0 Å². The van der Waals surface area contributed by atoms with Crippen molar-refractivity contribution in [1.82, 2.24) is 15.5 Å². The summed E-state index contributed by atoms with van der Waals surface area (Å²) in [6.07, 6.45) is 12.1. The minimum Gasteiger partial charge on any atom is -0.332 e. The molecule has 4 atom stereocenters. The first-order valence-electron chi connectivity index (χ1n) is 17.4. The van der Waals surface area contributed by atoms with Gasteiger partial charge < -0.3 is 26.1 Å². The summed E-state index contributed by atoms with van der Waals surface area (Å²) < 4.78 is 0. The molecule has 8 nitrogen and oxygen atoms in total. The number of unbranched alkanes of at least 4 members (excludes halogenated alkanes) is 4. The molecule has 3 aliphatic rings. The van der Waals surface area contributed by atoms with Gasteiger partial charge in [-0.3, -0.25) is 9.59 Å². The summed E-state index contributed by atoms with van der Waals surface area (Å²) in [5.74, 6) is 0.963. The number of likely N-dealkylation sites (tertiary alicyclic amines) is 1. The summed E-state index contributed by atoms with van der Waals surface area (Å²) in [5.41, 5.74) is 8.62. The second kappa shape index (κ2) is 21.6. The van der Waals surface area contributed by atoms with E-state index in [1.54, 1.807) is 60.4 Å². The molecule has 14 heteroatoms. The van der Waals surface area contributed by atoms with Crippen molar-refractivity contribution in [3.8, 4) is 0 Å². The first-order chi connectivity index (χ1) is 24.4. The Labute approximate surface area is 337 Å². The van der Waals surface area contributed by atoms with Crippen molar-refractivity contribution in [3.63, 3.8) is 0 Å². The van der Waals surface area contributed by atoms with Crippen LogP contribution in [0.1, 0.15) is 82.8 Å². The zero-order valence-corrected chi connectivity index (χ0v) is 34.1. The number of amides is 3. The number of Topliss-reactive ketones (excluding diaryl/α,β-unsaturated/α-hetero) is 2. The fourth-order valence-corrected chi connectivity index (χ4v) is 8.47. The van der Waals surface area contributed by atoms with E-state index in [2.05, 4.69) is 17.6 Å². The number of nitrogens with zero attached hydrogens (tertiary/aromatic N) is 1. The molecule has 0 saturated carbocycles. The van der Waals surface area contributed by atoms with Gasteiger partial charge in [-0.25, -0.2) is 4.79 Å². The molecule has 4 N–H and O–H groups in total. The molecule has 0 aliphatic carbocycles. The number of halogens is 5. The van der Waals surface area contributed by atoms with Gasteiger partial charge >= 0.3 is 6.03 Å². The van der Waals surface area contributed by atoms with Crippen molar-refractivity contribution >= 4 is 106 Å². The number of ketones is 2. The van der Waals surface area contributed by atoms with Gasteiger partial charge in [-0.15, -0.1) is 12.4 Å². The van der Waals surface area contributed by atoms with Gasteiger partial charge in [-0.2, -0.15) is 11.8 Å². The Morgan fingerprint density at radius 1 is 0.885 bits per heavy atom. The molecule has 2 aromatic rings. The number of hydrogen-bond donors (Lipinski definition) is 3. The number of carbonyl (C=O) groups is 4. The van der Waals surface area contributed by atoms with Gasteiger partial charge in [-0.1, -0.05) is 97.6 Å². The second-order valence-electron chi connectivity index (χ2n) is 13.2. The molecule has 3 amide bonds. The lowest BCUT2D eigenvalue weighted by molar-refractivity contribution is -0.132. The molecule has 0 bridgehead atoms. The second-order valence-corrected chi connectivity index (χ2v) is 16.1. The third-order valence-corrected chi connectivity index (χ3v) is 12.1. The van der Waals surface area contributed by atoms with E-state index in [0.29, 0.717) is 61.4 Å². The van der Waals surface area contributed by atoms with Crippen LogP contribution in [0.25, 0.3) is 12.2 Å². The molecule has 0 spiro atoms. The summed E-state index contributed by atoms with van der Waals surface area (Å²) >= 11 is 26.3. The van der Waals surface area contributed by atoms with E-state index in [1.807, 2.05) is 11.8 Å². The Bertz CT molecular complexity index is 1580. The highest BCUT2D eigenvalue weighted by Gasteiger charge is 2.42. The van der Waals surface area contributed by atoms with Crippen molar-refractivity contribution in [2.75, 3.05) is 18.8 Å². The quantitative estimate of drug-likeness (QED) is 0.105. The third-order valence-electron chi connectivity index (χ3n) is 9.08. The van der Waals surface area contributed by atoms with Crippen molar-refractivity contribution in [3.05, 3.63) is 78.8 Å². The zero-order chi connectivity index (χ0) is 37.1. The highest BCUT2D eigenvalue weighted by Crippen LogP contribution is 2.33. The summed E-state index contributed by atoms with van der Waals surface area (Å²) in [5, 5.41) is 8.06. The summed E-state index contributed by atoms with van der Waals surface area (Å²) in [6, 6.07) is 10.2. The monoisotopic (exact) mass is 830 g/mol. The van der Waals surface area contributed by atoms with E-state index in [-0.39, 0.29) is 49.0 Å². The van der Waals surface area contributed by atoms with Crippen LogP contribution in [0.15, 0.2) is 47.5 Å². The normalized spacial score (nSPS) is 21.5. The van der Waals surface area contributed by atoms with Crippen molar-refractivity contribution in [2.24, 2.45) is 5.73 Å². The topological polar surface area (TPSA) is 122 Å². The van der Waals surface area contributed by atoms with Crippen molar-refractivity contribution in [1.29, 1.82) is 0 Å². The van der Waals surface area contributed by atoms with Crippen LogP contribution in [0.5, 0.6) is 0 Å². The lowest BCUT2D eigenvalue weighted by Gasteiger charge is -2.32. The molecule has 3 heterocycles. The summed E-state index contributed by atoms with van der Waals surface area (Å²) in [7, 11) is 0. The largest absolute Gasteiger partial charge is 0.332 e. The fraction of sp³-hybridized carbons (Fsp3) is 0.474. The number of thioether (sulfide) groups is 1. The molecule has 3 saturated heterocycles. The number of carbonyl (C=O) groups excluding carboxylic acids is 4. The van der Waals surface area contributed by atoms with E-state index < -0.39 is 6.04 Å². The molecule has 284 valence electrons. The average Bonchev–Trinajstić information content (AvgIpc) is 3.65. The van der Waals surface area contributed by atoms with Crippen LogP contribution in [-0.2, 0) is 14.4 Å². The fourth-order valence-electron chi connectivity index (χ4n) is 6.31. The lowest BCUT2D eigenvalue weighted by atomic mass is 9.93. The third kappa shape index (κ3) is 13.0. The predicted octanol–water partition coefficient (Wildman–Crippen LogP) is 9.20. The van der Waals surface area contributed by atoms with Crippen LogP contribution in [0.3, 0.4) is 0 Å². The smallest absolute Gasteiger partial charge is 0.315 e. The zero-order valence-electron chi connectivity index (χ0n) is 29.4. The molecule has 5 rings (SSSR count). The van der Waals surface area contributed by atoms with Crippen molar-refractivity contribution in [2.45, 2.75) is 95.0 Å². The van der Waals surface area contributed by atoms with E-state index in [9.17, 15) is 19.2 Å². The Hall–Kier alpha value is -2.24. The Morgan fingerprint density at radius 3 is 2.02 bits per heavy atom. The SMILES string of the molecule is CC(=O)CCCC[C@@H]1SCC2NC(=O)NC21.CCCCCC[C@@H](N)C(=O)N1C/C(=C\c2ccc(Cl)c(Cl)c2)C(=O)/C(=C/c2ccc(Cl)c(Cl)c2)C1.Cl. The van der Waals surface area contributed by atoms with Crippen LogP contribution < -0.4 is 16.4 Å². The first-order valence-corrected chi connectivity index (χ1v) is 20.0. The number of rotatable bonds is 13. The van der Waals surface area contributed by atoms with Gasteiger partial charge in [0.05, 0.1) is 38.2 Å². The number of urea groups is 1. The van der Waals surface area contributed by atoms with Gasteiger partial charge in [0, 0.05) is 41.7 Å².